The van der Waals surface area contributed by atoms with Gasteiger partial charge in [0.05, 0.1) is 11.6 Å². The van der Waals surface area contributed by atoms with Crippen molar-refractivity contribution in [3.8, 4) is 12.1 Å². The number of halogens is 1. The SMILES string of the molecule is N#Cc1cc(F)cc(Cn2ccnc2C#N)c1. The first-order valence-electron chi connectivity index (χ1n) is 4.83. The van der Waals surface area contributed by atoms with Gasteiger partial charge in [0.15, 0.2) is 0 Å². The number of rotatable bonds is 2. The highest BCUT2D eigenvalue weighted by Gasteiger charge is 2.05. The maximum absolute atomic E-state index is 13.2. The molecule has 0 unspecified atom stereocenters. The van der Waals surface area contributed by atoms with Gasteiger partial charge in [-0.05, 0) is 23.8 Å². The number of benzene rings is 1. The number of aromatic nitrogens is 2. The molecule has 0 spiro atoms. The second-order valence-corrected chi connectivity index (χ2v) is 3.45. The molecule has 0 saturated carbocycles. The summed E-state index contributed by atoms with van der Waals surface area (Å²) in [5.74, 6) is -0.203. The lowest BCUT2D eigenvalue weighted by Crippen LogP contribution is -2.02. The molecule has 1 aromatic heterocycles. The summed E-state index contributed by atoms with van der Waals surface area (Å²) in [6.45, 7) is 0.315. The van der Waals surface area contributed by atoms with E-state index in [0.717, 1.165) is 0 Å². The Bertz CT molecular complexity index is 631. The first-order chi connectivity index (χ1) is 8.22. The first kappa shape index (κ1) is 10.8. The molecule has 0 aliphatic rings. The van der Waals surface area contributed by atoms with Gasteiger partial charge < -0.3 is 4.57 Å². The predicted molar refractivity (Wildman–Crippen MR) is 57.2 cm³/mol. The van der Waals surface area contributed by atoms with Gasteiger partial charge in [0.1, 0.15) is 11.9 Å². The second kappa shape index (κ2) is 4.46. The highest BCUT2D eigenvalue weighted by Crippen LogP contribution is 2.11. The zero-order valence-electron chi connectivity index (χ0n) is 8.76. The van der Waals surface area contributed by atoms with Crippen LogP contribution in [0.1, 0.15) is 17.0 Å². The number of hydrogen-bond acceptors (Lipinski definition) is 3. The van der Waals surface area contributed by atoms with Gasteiger partial charge in [-0.15, -0.1) is 0 Å². The normalized spacial score (nSPS) is 9.59. The van der Waals surface area contributed by atoms with Crippen LogP contribution in [0.15, 0.2) is 30.6 Å². The number of nitrogens with zero attached hydrogens (tertiary/aromatic N) is 4. The van der Waals surface area contributed by atoms with Crippen molar-refractivity contribution >= 4 is 0 Å². The fourth-order valence-electron chi connectivity index (χ4n) is 1.55. The number of imidazole rings is 1. The monoisotopic (exact) mass is 226 g/mol. The van der Waals surface area contributed by atoms with Gasteiger partial charge in [-0.2, -0.15) is 10.5 Å². The minimum absolute atomic E-state index is 0.257. The van der Waals surface area contributed by atoms with Crippen LogP contribution in [0.25, 0.3) is 0 Å². The largest absolute Gasteiger partial charge is 0.318 e. The summed E-state index contributed by atoms with van der Waals surface area (Å²) in [6, 6.07) is 7.91. The molecule has 0 amide bonds. The molecule has 2 aromatic rings. The van der Waals surface area contributed by atoms with Crippen LogP contribution < -0.4 is 0 Å². The van der Waals surface area contributed by atoms with E-state index in [1.165, 1.54) is 18.3 Å². The third-order valence-electron chi connectivity index (χ3n) is 2.26. The molecule has 1 heterocycles. The average molecular weight is 226 g/mol. The van der Waals surface area contributed by atoms with Crippen molar-refractivity contribution in [3.63, 3.8) is 0 Å². The third-order valence-corrected chi connectivity index (χ3v) is 2.26. The number of nitriles is 2. The molecule has 0 atom stereocenters. The Labute approximate surface area is 97.2 Å². The van der Waals surface area contributed by atoms with E-state index in [2.05, 4.69) is 4.98 Å². The third kappa shape index (κ3) is 2.30. The van der Waals surface area contributed by atoms with Crippen molar-refractivity contribution < 1.29 is 4.39 Å². The lowest BCUT2D eigenvalue weighted by Gasteiger charge is -2.04. The Morgan fingerprint density at radius 3 is 2.76 bits per heavy atom. The van der Waals surface area contributed by atoms with Crippen LogP contribution in [0.2, 0.25) is 0 Å². The molecular formula is C12H7FN4. The summed E-state index contributed by atoms with van der Waals surface area (Å²) in [4.78, 5) is 3.84. The average Bonchev–Trinajstić information content (AvgIpc) is 2.75. The fraction of sp³-hybridized carbons (Fsp3) is 0.0833. The topological polar surface area (TPSA) is 65.4 Å². The Balaban J connectivity index is 2.34. The second-order valence-electron chi connectivity index (χ2n) is 3.45. The van der Waals surface area contributed by atoms with Gasteiger partial charge in [-0.3, -0.25) is 0 Å². The molecule has 17 heavy (non-hydrogen) atoms. The maximum atomic E-state index is 13.2. The Hall–Kier alpha value is -2.66. The molecule has 0 bridgehead atoms. The standard InChI is InChI=1S/C12H7FN4/c13-11-4-9(6-14)3-10(5-11)8-17-2-1-16-12(17)7-15/h1-5H,8H2. The molecule has 0 saturated heterocycles. The van der Waals surface area contributed by atoms with Crippen LogP contribution in [0.5, 0.6) is 0 Å². The smallest absolute Gasteiger partial charge is 0.213 e. The van der Waals surface area contributed by atoms with Gasteiger partial charge in [-0.1, -0.05) is 0 Å². The molecule has 0 radical (unpaired) electrons. The molecule has 1 aromatic carbocycles. The van der Waals surface area contributed by atoms with E-state index in [9.17, 15) is 4.39 Å². The summed E-state index contributed by atoms with van der Waals surface area (Å²) in [5, 5.41) is 17.5. The quantitative estimate of drug-likeness (QED) is 0.784. The van der Waals surface area contributed by atoms with Gasteiger partial charge in [0.25, 0.3) is 0 Å². The lowest BCUT2D eigenvalue weighted by molar-refractivity contribution is 0.622. The van der Waals surface area contributed by atoms with Gasteiger partial charge >= 0.3 is 0 Å². The van der Waals surface area contributed by atoms with E-state index in [1.54, 1.807) is 16.8 Å². The molecule has 0 aliphatic carbocycles. The predicted octanol–water partition coefficient (Wildman–Crippen LogP) is 1.81. The van der Waals surface area contributed by atoms with Crippen LogP contribution in [0.4, 0.5) is 4.39 Å². The molecule has 5 heteroatoms. The van der Waals surface area contributed by atoms with Crippen molar-refractivity contribution in [1.82, 2.24) is 9.55 Å². The van der Waals surface area contributed by atoms with Crippen LogP contribution in [-0.2, 0) is 6.54 Å². The molecule has 0 aliphatic heterocycles. The maximum Gasteiger partial charge on any atom is 0.213 e. The molecule has 82 valence electrons. The highest BCUT2D eigenvalue weighted by atomic mass is 19.1. The van der Waals surface area contributed by atoms with Crippen molar-refractivity contribution in [2.75, 3.05) is 0 Å². The lowest BCUT2D eigenvalue weighted by atomic mass is 10.1. The highest BCUT2D eigenvalue weighted by molar-refractivity contribution is 5.34. The molecule has 2 rings (SSSR count). The first-order valence-corrected chi connectivity index (χ1v) is 4.83. The van der Waals surface area contributed by atoms with Crippen LogP contribution in [-0.4, -0.2) is 9.55 Å². The van der Waals surface area contributed by atoms with E-state index in [-0.39, 0.29) is 11.4 Å². The van der Waals surface area contributed by atoms with Gasteiger partial charge in [0, 0.05) is 18.9 Å². The van der Waals surface area contributed by atoms with Gasteiger partial charge in [-0.25, -0.2) is 9.37 Å². The Morgan fingerprint density at radius 1 is 1.24 bits per heavy atom. The summed E-state index contributed by atoms with van der Waals surface area (Å²) < 4.78 is 14.8. The van der Waals surface area contributed by atoms with Gasteiger partial charge in [0.2, 0.25) is 5.82 Å². The van der Waals surface area contributed by atoms with Crippen LogP contribution in [0, 0.1) is 28.5 Å². The van der Waals surface area contributed by atoms with Crippen molar-refractivity contribution in [2.45, 2.75) is 6.54 Å². The van der Waals surface area contributed by atoms with E-state index < -0.39 is 5.82 Å². The Morgan fingerprint density at radius 2 is 2.06 bits per heavy atom. The minimum atomic E-state index is -0.460. The Kier molecular flexibility index (Phi) is 2.85. The van der Waals surface area contributed by atoms with E-state index in [0.29, 0.717) is 12.1 Å². The van der Waals surface area contributed by atoms with Crippen molar-refractivity contribution in [2.24, 2.45) is 0 Å². The zero-order chi connectivity index (χ0) is 12.3. The molecule has 0 fully saturated rings. The molecule has 0 N–H and O–H groups in total. The van der Waals surface area contributed by atoms with Crippen LogP contribution in [0.3, 0.4) is 0 Å². The summed E-state index contributed by atoms with van der Waals surface area (Å²) in [6.07, 6.45) is 3.14. The molecular weight excluding hydrogens is 219 g/mol. The van der Waals surface area contributed by atoms with E-state index in [1.807, 2.05) is 12.1 Å². The summed E-state index contributed by atoms with van der Waals surface area (Å²) >= 11 is 0. The minimum Gasteiger partial charge on any atom is -0.318 e. The summed E-state index contributed by atoms with van der Waals surface area (Å²) in [7, 11) is 0. The molecule has 4 nitrogen and oxygen atoms in total. The van der Waals surface area contributed by atoms with Crippen molar-refractivity contribution in [1.29, 1.82) is 10.5 Å². The zero-order valence-corrected chi connectivity index (χ0v) is 8.76. The summed E-state index contributed by atoms with van der Waals surface area (Å²) in [5.41, 5.74) is 0.884. The van der Waals surface area contributed by atoms with E-state index in [4.69, 9.17) is 10.5 Å². The van der Waals surface area contributed by atoms with E-state index >= 15 is 0 Å². The fourth-order valence-corrected chi connectivity index (χ4v) is 1.55. The van der Waals surface area contributed by atoms with Crippen molar-refractivity contribution in [3.05, 3.63) is 53.4 Å². The number of hydrogen-bond donors (Lipinski definition) is 0. The van der Waals surface area contributed by atoms with Crippen LogP contribution >= 0.6 is 0 Å².